The summed E-state index contributed by atoms with van der Waals surface area (Å²) in [5.74, 6) is -2.41. The molecule has 1 aromatic rings. The molecule has 0 saturated heterocycles. The lowest BCUT2D eigenvalue weighted by atomic mass is 10.1. The highest BCUT2D eigenvalue weighted by Gasteiger charge is 2.25. The van der Waals surface area contributed by atoms with Crippen LogP contribution in [0.15, 0.2) is 30.3 Å². The quantitative estimate of drug-likeness (QED) is 0.303. The Balaban J connectivity index is 2.57. The number of nitrogens with zero attached hydrogens (tertiary/aromatic N) is 2. The molecule has 1 rings (SSSR count). The summed E-state index contributed by atoms with van der Waals surface area (Å²) in [6.07, 6.45) is 0.800. The molecule has 1 amide bonds. The molecule has 7 nitrogen and oxygen atoms in total. The fourth-order valence-electron chi connectivity index (χ4n) is 1.68. The summed E-state index contributed by atoms with van der Waals surface area (Å²) in [6.45, 7) is 1.36. The van der Waals surface area contributed by atoms with Crippen molar-refractivity contribution >= 4 is 23.7 Å². The third-order valence-electron chi connectivity index (χ3n) is 2.81. The summed E-state index contributed by atoms with van der Waals surface area (Å²) in [7, 11) is 0. The van der Waals surface area contributed by atoms with E-state index in [4.69, 9.17) is 11.3 Å². The molecule has 0 unspecified atom stereocenters. The molecule has 0 fully saturated rings. The van der Waals surface area contributed by atoms with Gasteiger partial charge in [-0.2, -0.15) is 4.79 Å². The SMILES string of the molecule is C[C@@H](NC(=O)[C@@H](N)Cc1ccccc1)C(=O)C(=O)C=[N+]=[N-]. The normalized spacial score (nSPS) is 12.7. The third kappa shape index (κ3) is 5.10. The van der Waals surface area contributed by atoms with Gasteiger partial charge >= 0.3 is 12.0 Å². The second kappa shape index (κ2) is 7.84. The number of carbonyl (C=O) groups excluding carboxylic acids is 3. The van der Waals surface area contributed by atoms with Crippen molar-refractivity contribution in [3.8, 4) is 0 Å². The molecule has 110 valence electrons. The predicted octanol–water partition coefficient (Wildman–Crippen LogP) is -0.500. The van der Waals surface area contributed by atoms with Gasteiger partial charge in [0.15, 0.2) is 0 Å². The Hall–Kier alpha value is -2.63. The number of benzene rings is 1. The number of rotatable bonds is 7. The van der Waals surface area contributed by atoms with Crippen molar-refractivity contribution in [3.05, 3.63) is 41.4 Å². The molecule has 0 saturated carbocycles. The molecule has 0 aromatic heterocycles. The smallest absolute Gasteiger partial charge is 0.331 e. The van der Waals surface area contributed by atoms with E-state index in [1.165, 1.54) is 6.92 Å². The second-order valence-electron chi connectivity index (χ2n) is 4.50. The van der Waals surface area contributed by atoms with E-state index in [-0.39, 0.29) is 0 Å². The molecule has 1 aromatic carbocycles. The second-order valence-corrected chi connectivity index (χ2v) is 4.50. The molecule has 0 radical (unpaired) electrons. The average molecular weight is 288 g/mol. The van der Waals surface area contributed by atoms with Crippen LogP contribution in [0.5, 0.6) is 0 Å². The van der Waals surface area contributed by atoms with Crippen LogP contribution in [-0.4, -0.2) is 40.6 Å². The minimum atomic E-state index is -1.04. The summed E-state index contributed by atoms with van der Waals surface area (Å²) in [6, 6.07) is 7.32. The Kier molecular flexibility index (Phi) is 6.13. The Labute approximate surface area is 121 Å². The number of amides is 1. The standard InChI is InChI=1S/C14H16N4O3/c1-9(13(20)12(19)8-17-16)18-14(21)11(15)7-10-5-3-2-4-6-10/h2-6,8-9,11H,7,15H2,1H3,(H,18,21)/t9-,11+/m1/s1. The molecule has 7 heteroatoms. The van der Waals surface area contributed by atoms with Crippen molar-refractivity contribution in [1.82, 2.24) is 5.32 Å². The maximum atomic E-state index is 11.9. The zero-order chi connectivity index (χ0) is 15.8. The van der Waals surface area contributed by atoms with E-state index in [0.29, 0.717) is 12.6 Å². The first-order valence-corrected chi connectivity index (χ1v) is 6.31. The van der Waals surface area contributed by atoms with Gasteiger partial charge in [0.1, 0.15) is 0 Å². The van der Waals surface area contributed by atoms with Crippen LogP contribution >= 0.6 is 0 Å². The molecule has 21 heavy (non-hydrogen) atoms. The third-order valence-corrected chi connectivity index (χ3v) is 2.81. The van der Waals surface area contributed by atoms with Gasteiger partial charge in [0, 0.05) is 0 Å². The van der Waals surface area contributed by atoms with Gasteiger partial charge in [0.05, 0.1) is 12.1 Å². The van der Waals surface area contributed by atoms with Crippen molar-refractivity contribution in [2.24, 2.45) is 5.73 Å². The molecular weight excluding hydrogens is 272 g/mol. The lowest BCUT2D eigenvalue weighted by Gasteiger charge is -2.15. The van der Waals surface area contributed by atoms with Gasteiger partial charge < -0.3 is 16.6 Å². The Morgan fingerprint density at radius 3 is 2.52 bits per heavy atom. The zero-order valence-corrected chi connectivity index (χ0v) is 11.5. The minimum absolute atomic E-state index is 0.319. The van der Waals surface area contributed by atoms with E-state index in [1.807, 2.05) is 30.3 Å². The zero-order valence-electron chi connectivity index (χ0n) is 11.5. The van der Waals surface area contributed by atoms with E-state index < -0.39 is 29.6 Å². The summed E-state index contributed by atoms with van der Waals surface area (Å²) >= 11 is 0. The molecule has 0 spiro atoms. The molecule has 0 heterocycles. The van der Waals surface area contributed by atoms with Crippen LogP contribution in [0.25, 0.3) is 5.53 Å². The fourth-order valence-corrected chi connectivity index (χ4v) is 1.68. The Morgan fingerprint density at radius 1 is 1.33 bits per heavy atom. The van der Waals surface area contributed by atoms with E-state index >= 15 is 0 Å². The van der Waals surface area contributed by atoms with E-state index in [1.54, 1.807) is 0 Å². The summed E-state index contributed by atoms with van der Waals surface area (Å²) in [4.78, 5) is 37.1. The topological polar surface area (TPSA) is 126 Å². The van der Waals surface area contributed by atoms with Crippen LogP contribution in [0.3, 0.4) is 0 Å². The number of carbonyl (C=O) groups is 3. The Morgan fingerprint density at radius 2 is 1.95 bits per heavy atom. The number of nitrogens with one attached hydrogen (secondary N) is 1. The van der Waals surface area contributed by atoms with Gasteiger partial charge in [-0.3, -0.25) is 14.4 Å². The Bertz CT molecular complexity index is 579. The molecule has 3 N–H and O–H groups in total. The van der Waals surface area contributed by atoms with Crippen LogP contribution < -0.4 is 11.1 Å². The number of Topliss-reactive ketones (excluding diaryl/α,β-unsaturated/α-hetero) is 2. The molecule has 0 bridgehead atoms. The molecular formula is C14H16N4O3. The first kappa shape index (κ1) is 16.4. The van der Waals surface area contributed by atoms with Crippen LogP contribution in [0.2, 0.25) is 0 Å². The lowest BCUT2D eigenvalue weighted by Crippen LogP contribution is -2.49. The van der Waals surface area contributed by atoms with Crippen LogP contribution in [0.1, 0.15) is 12.5 Å². The number of nitrogens with two attached hydrogens (primary N) is 1. The molecule has 0 aliphatic rings. The predicted molar refractivity (Wildman–Crippen MR) is 75.4 cm³/mol. The average Bonchev–Trinajstić information content (AvgIpc) is 2.47. The first-order valence-electron chi connectivity index (χ1n) is 6.31. The highest BCUT2D eigenvalue weighted by molar-refractivity contribution is 6.59. The summed E-state index contributed by atoms with van der Waals surface area (Å²) in [5.41, 5.74) is 14.8. The largest absolute Gasteiger partial charge is 0.361 e. The minimum Gasteiger partial charge on any atom is -0.361 e. The summed E-state index contributed by atoms with van der Waals surface area (Å²) in [5, 5.41) is 2.36. The monoisotopic (exact) mass is 288 g/mol. The lowest BCUT2D eigenvalue weighted by molar-refractivity contribution is -0.136. The molecule has 0 aliphatic carbocycles. The van der Waals surface area contributed by atoms with Gasteiger partial charge in [-0.05, 0) is 18.9 Å². The van der Waals surface area contributed by atoms with Crippen molar-refractivity contribution in [2.75, 3.05) is 0 Å². The summed E-state index contributed by atoms with van der Waals surface area (Å²) < 4.78 is 0. The molecule has 2 atom stereocenters. The number of hydrogen-bond donors (Lipinski definition) is 2. The van der Waals surface area contributed by atoms with Crippen molar-refractivity contribution in [2.45, 2.75) is 25.4 Å². The van der Waals surface area contributed by atoms with Crippen molar-refractivity contribution < 1.29 is 19.2 Å². The van der Waals surface area contributed by atoms with Crippen molar-refractivity contribution in [1.29, 1.82) is 0 Å². The van der Waals surface area contributed by atoms with Gasteiger partial charge in [-0.15, -0.1) is 0 Å². The highest BCUT2D eigenvalue weighted by Crippen LogP contribution is 2.02. The highest BCUT2D eigenvalue weighted by atomic mass is 16.2. The number of hydrogen-bond acceptors (Lipinski definition) is 4. The molecule has 0 aliphatic heterocycles. The maximum absolute atomic E-state index is 11.9. The van der Waals surface area contributed by atoms with E-state index in [9.17, 15) is 14.4 Å². The van der Waals surface area contributed by atoms with Crippen LogP contribution in [-0.2, 0) is 20.8 Å². The van der Waals surface area contributed by atoms with Gasteiger partial charge in [0.25, 0.3) is 0 Å². The first-order chi connectivity index (χ1) is 9.95. The van der Waals surface area contributed by atoms with Crippen molar-refractivity contribution in [3.63, 3.8) is 0 Å². The fraction of sp³-hybridized carbons (Fsp3) is 0.286. The van der Waals surface area contributed by atoms with E-state index in [0.717, 1.165) is 5.56 Å². The van der Waals surface area contributed by atoms with Crippen LogP contribution in [0, 0.1) is 0 Å². The van der Waals surface area contributed by atoms with Gasteiger partial charge in [-0.25, -0.2) is 0 Å². The number of ketones is 2. The van der Waals surface area contributed by atoms with Gasteiger partial charge in [0.2, 0.25) is 11.7 Å². The van der Waals surface area contributed by atoms with Crippen LogP contribution in [0.4, 0.5) is 0 Å². The van der Waals surface area contributed by atoms with E-state index in [2.05, 4.69) is 10.1 Å². The van der Waals surface area contributed by atoms with Gasteiger partial charge in [-0.1, -0.05) is 30.3 Å². The maximum Gasteiger partial charge on any atom is 0.331 e.